The smallest absolute Gasteiger partial charge is 0.416 e. The molecule has 0 fully saturated rings. The molecule has 0 atom stereocenters. The van der Waals surface area contributed by atoms with Gasteiger partial charge in [0.1, 0.15) is 11.4 Å². The van der Waals surface area contributed by atoms with Crippen molar-refractivity contribution in [3.8, 4) is 28.0 Å². The predicted molar refractivity (Wildman–Crippen MR) is 155 cm³/mol. The Kier molecular flexibility index (Phi) is 9.69. The molecule has 0 spiro atoms. The third-order valence-corrected chi connectivity index (χ3v) is 6.91. The molecule has 3 aromatic carbocycles. The second-order valence-electron chi connectivity index (χ2n) is 9.99. The summed E-state index contributed by atoms with van der Waals surface area (Å²) in [6.45, 7) is 1.68. The fourth-order valence-electron chi connectivity index (χ4n) is 4.62. The van der Waals surface area contributed by atoms with Crippen LogP contribution in [0.1, 0.15) is 39.2 Å². The van der Waals surface area contributed by atoms with Crippen LogP contribution in [0.5, 0.6) is 5.75 Å². The molecule has 0 saturated carbocycles. The van der Waals surface area contributed by atoms with Gasteiger partial charge in [-0.2, -0.15) is 26.3 Å². The summed E-state index contributed by atoms with van der Waals surface area (Å²) >= 11 is 0. The number of nitrogens with zero attached hydrogens (tertiary/aromatic N) is 1. The van der Waals surface area contributed by atoms with Crippen LogP contribution in [-0.2, 0) is 23.7 Å². The van der Waals surface area contributed by atoms with Crippen LogP contribution >= 0.6 is 0 Å². The molecule has 4 rings (SSSR count). The molecule has 0 aliphatic carbocycles. The minimum Gasteiger partial charge on any atom is -0.496 e. The van der Waals surface area contributed by atoms with Crippen molar-refractivity contribution in [1.29, 1.82) is 0 Å². The molecule has 0 radical (unpaired) electrons. The van der Waals surface area contributed by atoms with Crippen molar-refractivity contribution in [3.05, 3.63) is 101 Å². The van der Waals surface area contributed by atoms with E-state index in [4.69, 9.17) is 9.84 Å². The topological polar surface area (TPSA) is 101 Å². The number of nitrogens with one attached hydrogen (secondary N) is 2. The Hall–Kier alpha value is -5.07. The number of alkyl halides is 6. The molecule has 236 valence electrons. The average Bonchev–Trinajstić information content (AvgIpc) is 2.98. The van der Waals surface area contributed by atoms with Crippen LogP contribution in [0.25, 0.3) is 22.3 Å². The van der Waals surface area contributed by atoms with Crippen molar-refractivity contribution >= 4 is 17.6 Å². The highest BCUT2D eigenvalue weighted by Gasteiger charge is 2.33. The second kappa shape index (κ2) is 13.3. The lowest BCUT2D eigenvalue weighted by molar-refractivity contribution is -0.138. The number of carboxylic acids is 1. The maximum absolute atomic E-state index is 13.8. The van der Waals surface area contributed by atoms with Crippen molar-refractivity contribution in [3.63, 3.8) is 0 Å². The van der Waals surface area contributed by atoms with Gasteiger partial charge in [-0.05, 0) is 71.6 Å². The van der Waals surface area contributed by atoms with Crippen LogP contribution in [0.4, 0.5) is 32.0 Å². The third kappa shape index (κ3) is 8.11. The highest BCUT2D eigenvalue weighted by atomic mass is 19.4. The number of aliphatic carboxylic acids is 1. The molecular weight excluding hydrogens is 604 g/mol. The van der Waals surface area contributed by atoms with Gasteiger partial charge in [-0.1, -0.05) is 24.3 Å². The maximum atomic E-state index is 13.8. The monoisotopic (exact) mass is 631 g/mol. The molecule has 7 nitrogen and oxygen atoms in total. The number of benzene rings is 3. The van der Waals surface area contributed by atoms with E-state index in [0.29, 0.717) is 22.4 Å². The number of hydrogen-bond donors (Lipinski definition) is 3. The van der Waals surface area contributed by atoms with E-state index in [1.165, 1.54) is 37.6 Å². The Morgan fingerprint density at radius 1 is 0.844 bits per heavy atom. The molecule has 1 aromatic heterocycles. The minimum atomic E-state index is -4.68. The molecule has 1 amide bonds. The summed E-state index contributed by atoms with van der Waals surface area (Å²) in [4.78, 5) is 27.0. The summed E-state index contributed by atoms with van der Waals surface area (Å²) < 4.78 is 85.6. The molecule has 4 aromatic rings. The van der Waals surface area contributed by atoms with E-state index < -0.39 is 35.4 Å². The van der Waals surface area contributed by atoms with Crippen molar-refractivity contribution in [2.45, 2.75) is 32.2 Å². The zero-order chi connectivity index (χ0) is 32.9. The summed E-state index contributed by atoms with van der Waals surface area (Å²) in [6.07, 6.45) is -8.18. The predicted octanol–water partition coefficient (Wildman–Crippen LogP) is 7.59. The number of carboxylic acid groups (broad SMARTS) is 1. The molecule has 45 heavy (non-hydrogen) atoms. The summed E-state index contributed by atoms with van der Waals surface area (Å²) in [6, 6.07) is 14.6. The van der Waals surface area contributed by atoms with Crippen LogP contribution in [0.15, 0.2) is 72.9 Å². The van der Waals surface area contributed by atoms with Gasteiger partial charge in [0.05, 0.1) is 24.7 Å². The summed E-state index contributed by atoms with van der Waals surface area (Å²) in [5, 5.41) is 14.3. The zero-order valence-corrected chi connectivity index (χ0v) is 23.9. The first-order valence-corrected chi connectivity index (χ1v) is 13.4. The highest BCUT2D eigenvalue weighted by molar-refractivity contribution is 5.92. The van der Waals surface area contributed by atoms with Crippen molar-refractivity contribution in [2.24, 2.45) is 0 Å². The van der Waals surface area contributed by atoms with E-state index >= 15 is 0 Å². The Labute approximate surface area is 253 Å². The molecule has 3 N–H and O–H groups in total. The fourth-order valence-corrected chi connectivity index (χ4v) is 4.62. The Balaban J connectivity index is 1.62. The van der Waals surface area contributed by atoms with E-state index in [1.54, 1.807) is 25.1 Å². The van der Waals surface area contributed by atoms with Crippen LogP contribution < -0.4 is 15.4 Å². The lowest BCUT2D eigenvalue weighted by Crippen LogP contribution is -2.26. The van der Waals surface area contributed by atoms with E-state index in [0.717, 1.165) is 29.8 Å². The number of ether oxygens (including phenoxy) is 1. The van der Waals surface area contributed by atoms with Gasteiger partial charge < -0.3 is 20.5 Å². The van der Waals surface area contributed by atoms with Gasteiger partial charge in [-0.25, -0.2) is 0 Å². The average molecular weight is 632 g/mol. The highest BCUT2D eigenvalue weighted by Crippen LogP contribution is 2.39. The van der Waals surface area contributed by atoms with E-state index in [-0.39, 0.29) is 42.1 Å². The van der Waals surface area contributed by atoms with E-state index in [9.17, 15) is 35.9 Å². The minimum absolute atomic E-state index is 0.0210. The molecular formula is C32H27F6N3O4. The number of carbonyl (C=O) groups excluding carboxylic acids is 1. The van der Waals surface area contributed by atoms with E-state index in [2.05, 4.69) is 15.6 Å². The van der Waals surface area contributed by atoms with Crippen LogP contribution in [0, 0.1) is 6.92 Å². The number of carbonyl (C=O) groups is 2. The summed E-state index contributed by atoms with van der Waals surface area (Å²) in [5.74, 6) is -1.77. The van der Waals surface area contributed by atoms with E-state index in [1.807, 2.05) is 0 Å². The van der Waals surface area contributed by atoms with Crippen molar-refractivity contribution in [1.82, 2.24) is 10.3 Å². The van der Waals surface area contributed by atoms with Gasteiger partial charge >= 0.3 is 18.3 Å². The van der Waals surface area contributed by atoms with Gasteiger partial charge in [0, 0.05) is 36.1 Å². The number of amides is 1. The number of halogens is 6. The van der Waals surface area contributed by atoms with Gasteiger partial charge in [-0.3, -0.25) is 14.6 Å². The van der Waals surface area contributed by atoms with Crippen LogP contribution in [0.3, 0.4) is 0 Å². The van der Waals surface area contributed by atoms with Gasteiger partial charge in [0.15, 0.2) is 0 Å². The van der Waals surface area contributed by atoms with Gasteiger partial charge in [0.25, 0.3) is 5.91 Å². The number of anilines is 1. The number of hydrogen-bond acceptors (Lipinski definition) is 5. The molecule has 0 saturated heterocycles. The maximum Gasteiger partial charge on any atom is 0.416 e. The van der Waals surface area contributed by atoms with Gasteiger partial charge in [0.2, 0.25) is 0 Å². The second-order valence-corrected chi connectivity index (χ2v) is 9.99. The lowest BCUT2D eigenvalue weighted by atomic mass is 9.96. The third-order valence-electron chi connectivity index (χ3n) is 6.91. The molecule has 0 aliphatic heterocycles. The normalized spacial score (nSPS) is 11.6. The molecule has 13 heteroatoms. The summed E-state index contributed by atoms with van der Waals surface area (Å²) in [7, 11) is 1.24. The quantitative estimate of drug-likeness (QED) is 0.156. The number of aryl methyl sites for hydroxylation is 1. The Bertz CT molecular complexity index is 1690. The molecule has 1 heterocycles. The molecule has 0 aliphatic rings. The Morgan fingerprint density at radius 2 is 1.51 bits per heavy atom. The first-order valence-electron chi connectivity index (χ1n) is 13.4. The molecule has 0 unspecified atom stereocenters. The van der Waals surface area contributed by atoms with Crippen LogP contribution in [-0.4, -0.2) is 35.6 Å². The van der Waals surface area contributed by atoms with Crippen molar-refractivity contribution in [2.75, 3.05) is 19.0 Å². The van der Waals surface area contributed by atoms with Gasteiger partial charge in [-0.15, -0.1) is 0 Å². The first kappa shape index (κ1) is 32.8. The first-order chi connectivity index (χ1) is 21.2. The van der Waals surface area contributed by atoms with Crippen molar-refractivity contribution < 1.29 is 45.8 Å². The standard InChI is InChI=1S/C32H27F6N3O4/c1-18-13-23(8-9-24(18)19-3-6-21(7-4-19)31(33,34)35)40-17-26-25(14-22(32(36,37)38)15-28(26)45-2)20-5-10-27(41-16-20)30(44)39-12-11-29(42)43/h3-10,13-16,40H,11-12,17H2,1-2H3,(H,39,44)(H,42,43). The number of aromatic nitrogens is 1. The number of pyridine rings is 1. The van der Waals surface area contributed by atoms with Crippen LogP contribution in [0.2, 0.25) is 0 Å². The SMILES string of the molecule is COc1cc(C(F)(F)F)cc(-c2ccc(C(=O)NCCC(=O)O)nc2)c1CNc1ccc(-c2ccc(C(F)(F)F)cc2)c(C)c1. The summed E-state index contributed by atoms with van der Waals surface area (Å²) in [5.41, 5.74) is 1.68. The largest absolute Gasteiger partial charge is 0.496 e. The number of methoxy groups -OCH3 is 1. The fraction of sp³-hybridized carbons (Fsp3) is 0.219. The zero-order valence-electron chi connectivity index (χ0n) is 23.9. The Morgan fingerprint density at radius 3 is 2.07 bits per heavy atom. The lowest BCUT2D eigenvalue weighted by Gasteiger charge is -2.19. The molecule has 0 bridgehead atoms. The number of rotatable bonds is 10.